The van der Waals surface area contributed by atoms with Crippen molar-refractivity contribution in [3.8, 4) is 0 Å². The van der Waals surface area contributed by atoms with Gasteiger partial charge in [0.2, 0.25) is 0 Å². The maximum Gasteiger partial charge on any atom is 0.164 e. The van der Waals surface area contributed by atoms with Crippen molar-refractivity contribution in [2.75, 3.05) is 6.54 Å². The molecule has 0 heterocycles. The molecule has 15 heavy (non-hydrogen) atoms. The highest BCUT2D eigenvalue weighted by atomic mass is 19.2. The van der Waals surface area contributed by atoms with Gasteiger partial charge in [0.1, 0.15) is 0 Å². The Balaban J connectivity index is 2.02. The summed E-state index contributed by atoms with van der Waals surface area (Å²) in [6.45, 7) is 0.269. The first kappa shape index (κ1) is 10.5. The van der Waals surface area contributed by atoms with E-state index in [4.69, 9.17) is 0 Å². The van der Waals surface area contributed by atoms with Gasteiger partial charge in [-0.05, 0) is 18.9 Å². The Morgan fingerprint density at radius 1 is 1.40 bits per heavy atom. The molecule has 0 amide bonds. The number of hydrogen-bond acceptors (Lipinski definition) is 2. The van der Waals surface area contributed by atoms with Gasteiger partial charge in [-0.25, -0.2) is 8.78 Å². The van der Waals surface area contributed by atoms with E-state index < -0.39 is 17.7 Å². The Labute approximate surface area is 86.9 Å². The Morgan fingerprint density at radius 2 is 2.13 bits per heavy atom. The van der Waals surface area contributed by atoms with Crippen molar-refractivity contribution >= 4 is 0 Å². The summed E-state index contributed by atoms with van der Waals surface area (Å²) in [4.78, 5) is 0. The first-order chi connectivity index (χ1) is 7.18. The molecule has 1 atom stereocenters. The summed E-state index contributed by atoms with van der Waals surface area (Å²) >= 11 is 0. The second kappa shape index (κ2) is 4.24. The van der Waals surface area contributed by atoms with Gasteiger partial charge in [0.25, 0.3) is 0 Å². The quantitative estimate of drug-likeness (QED) is 0.798. The smallest absolute Gasteiger partial charge is 0.164 e. The van der Waals surface area contributed by atoms with E-state index in [2.05, 4.69) is 5.32 Å². The van der Waals surface area contributed by atoms with Crippen LogP contribution in [0.1, 0.15) is 24.5 Å². The van der Waals surface area contributed by atoms with Crippen molar-refractivity contribution in [1.82, 2.24) is 5.32 Å². The van der Waals surface area contributed by atoms with E-state index in [1.165, 1.54) is 12.1 Å². The monoisotopic (exact) mass is 213 g/mol. The van der Waals surface area contributed by atoms with Crippen molar-refractivity contribution in [1.29, 1.82) is 0 Å². The van der Waals surface area contributed by atoms with Crippen LogP contribution in [-0.2, 0) is 0 Å². The van der Waals surface area contributed by atoms with E-state index in [9.17, 15) is 13.9 Å². The van der Waals surface area contributed by atoms with Gasteiger partial charge in [0, 0.05) is 18.2 Å². The summed E-state index contributed by atoms with van der Waals surface area (Å²) in [6, 6.07) is 4.28. The van der Waals surface area contributed by atoms with Gasteiger partial charge in [-0.2, -0.15) is 0 Å². The third kappa shape index (κ3) is 2.52. The van der Waals surface area contributed by atoms with E-state index in [0.29, 0.717) is 6.04 Å². The summed E-state index contributed by atoms with van der Waals surface area (Å²) in [7, 11) is 0. The predicted molar refractivity (Wildman–Crippen MR) is 52.3 cm³/mol. The highest BCUT2D eigenvalue weighted by Gasteiger charge is 2.23. The minimum atomic E-state index is -0.985. The minimum absolute atomic E-state index is 0.0168. The zero-order valence-corrected chi connectivity index (χ0v) is 8.21. The lowest BCUT2D eigenvalue weighted by Gasteiger charge is -2.12. The number of aliphatic hydroxyl groups is 1. The molecule has 1 unspecified atom stereocenters. The van der Waals surface area contributed by atoms with Gasteiger partial charge in [-0.1, -0.05) is 12.1 Å². The number of nitrogens with one attached hydrogen (secondary N) is 1. The van der Waals surface area contributed by atoms with Gasteiger partial charge in [0.15, 0.2) is 11.6 Å². The Bertz CT molecular complexity index is 352. The first-order valence-corrected chi connectivity index (χ1v) is 5.04. The van der Waals surface area contributed by atoms with Crippen LogP contribution in [0.5, 0.6) is 0 Å². The number of aliphatic hydroxyl groups excluding tert-OH is 1. The number of hydrogen-bond donors (Lipinski definition) is 2. The maximum atomic E-state index is 13.2. The van der Waals surface area contributed by atoms with Crippen LogP contribution in [0.25, 0.3) is 0 Å². The molecule has 1 aromatic rings. The van der Waals surface area contributed by atoms with Crippen molar-refractivity contribution < 1.29 is 13.9 Å². The Hall–Kier alpha value is -1.00. The largest absolute Gasteiger partial charge is 0.387 e. The topological polar surface area (TPSA) is 32.3 Å². The number of benzene rings is 1. The lowest BCUT2D eigenvalue weighted by molar-refractivity contribution is 0.168. The van der Waals surface area contributed by atoms with Gasteiger partial charge >= 0.3 is 0 Å². The maximum absolute atomic E-state index is 13.2. The van der Waals surface area contributed by atoms with E-state index in [-0.39, 0.29) is 12.1 Å². The average molecular weight is 213 g/mol. The fraction of sp³-hybridized carbons (Fsp3) is 0.455. The minimum Gasteiger partial charge on any atom is -0.387 e. The van der Waals surface area contributed by atoms with Gasteiger partial charge in [0.05, 0.1) is 6.10 Å². The van der Waals surface area contributed by atoms with Crippen molar-refractivity contribution in [3.05, 3.63) is 35.4 Å². The summed E-state index contributed by atoms with van der Waals surface area (Å²) in [6.07, 6.45) is 1.21. The zero-order valence-electron chi connectivity index (χ0n) is 8.21. The SMILES string of the molecule is OC(CNC1CC1)c1cccc(F)c1F. The fourth-order valence-electron chi connectivity index (χ4n) is 1.45. The predicted octanol–water partition coefficient (Wildman–Crippen LogP) is 1.75. The molecule has 1 fully saturated rings. The van der Waals surface area contributed by atoms with Crippen molar-refractivity contribution in [2.24, 2.45) is 0 Å². The third-order valence-electron chi connectivity index (χ3n) is 2.52. The molecule has 1 saturated carbocycles. The van der Waals surface area contributed by atoms with Gasteiger partial charge < -0.3 is 10.4 Å². The molecule has 1 aliphatic carbocycles. The molecule has 4 heteroatoms. The molecule has 1 aromatic carbocycles. The average Bonchev–Trinajstić information content (AvgIpc) is 3.02. The van der Waals surface area contributed by atoms with Crippen LogP contribution < -0.4 is 5.32 Å². The summed E-state index contributed by atoms with van der Waals surface area (Å²) in [5.41, 5.74) is 0.0168. The molecule has 0 spiro atoms. The molecule has 0 radical (unpaired) electrons. The summed E-state index contributed by atoms with van der Waals surface area (Å²) < 4.78 is 26.1. The fourth-order valence-corrected chi connectivity index (χ4v) is 1.45. The molecule has 1 aliphatic rings. The molecular formula is C11H13F2NO. The molecular weight excluding hydrogens is 200 g/mol. The molecule has 2 N–H and O–H groups in total. The van der Waals surface area contributed by atoms with E-state index in [1.807, 2.05) is 0 Å². The Kier molecular flexibility index (Phi) is 2.98. The first-order valence-electron chi connectivity index (χ1n) is 5.04. The zero-order chi connectivity index (χ0) is 10.8. The second-order valence-electron chi connectivity index (χ2n) is 3.84. The molecule has 82 valence electrons. The standard InChI is InChI=1S/C11H13F2NO/c12-9-3-1-2-8(11(9)13)10(15)6-14-7-4-5-7/h1-3,7,10,14-15H,4-6H2. The second-order valence-corrected chi connectivity index (χ2v) is 3.84. The molecule has 2 nitrogen and oxygen atoms in total. The van der Waals surface area contributed by atoms with Crippen molar-refractivity contribution in [3.63, 3.8) is 0 Å². The summed E-state index contributed by atoms with van der Waals surface area (Å²) in [5, 5.41) is 12.7. The van der Waals surface area contributed by atoms with Gasteiger partial charge in [-0.3, -0.25) is 0 Å². The van der Waals surface area contributed by atoms with Crippen LogP contribution >= 0.6 is 0 Å². The van der Waals surface area contributed by atoms with E-state index in [1.54, 1.807) is 0 Å². The third-order valence-corrected chi connectivity index (χ3v) is 2.52. The lowest BCUT2D eigenvalue weighted by atomic mass is 10.1. The van der Waals surface area contributed by atoms with E-state index in [0.717, 1.165) is 18.9 Å². The summed E-state index contributed by atoms with van der Waals surface area (Å²) in [5.74, 6) is -1.87. The van der Waals surface area contributed by atoms with Gasteiger partial charge in [-0.15, -0.1) is 0 Å². The number of rotatable bonds is 4. The van der Waals surface area contributed by atoms with Crippen LogP contribution in [0, 0.1) is 11.6 Å². The number of halogens is 2. The normalized spacial score (nSPS) is 17.8. The van der Waals surface area contributed by atoms with Crippen molar-refractivity contribution in [2.45, 2.75) is 25.0 Å². The highest BCUT2D eigenvalue weighted by molar-refractivity contribution is 5.21. The van der Waals surface area contributed by atoms with Crippen LogP contribution in [0.4, 0.5) is 8.78 Å². The molecule has 0 aromatic heterocycles. The molecule has 0 aliphatic heterocycles. The van der Waals surface area contributed by atoms with Crippen LogP contribution in [0.3, 0.4) is 0 Å². The highest BCUT2D eigenvalue weighted by Crippen LogP contribution is 2.22. The van der Waals surface area contributed by atoms with Crippen LogP contribution in [-0.4, -0.2) is 17.7 Å². The van der Waals surface area contributed by atoms with Crippen LogP contribution in [0.15, 0.2) is 18.2 Å². The molecule has 0 saturated heterocycles. The molecule has 2 rings (SSSR count). The van der Waals surface area contributed by atoms with Crippen LogP contribution in [0.2, 0.25) is 0 Å². The van der Waals surface area contributed by atoms with E-state index >= 15 is 0 Å². The Morgan fingerprint density at radius 3 is 2.80 bits per heavy atom. The lowest BCUT2D eigenvalue weighted by Crippen LogP contribution is -2.24. The molecule has 0 bridgehead atoms.